The first kappa shape index (κ1) is 13.8. The molecule has 5 heteroatoms. The van der Waals surface area contributed by atoms with Gasteiger partial charge in [-0.05, 0) is 29.3 Å². The minimum atomic E-state index is 0.501. The molecule has 0 saturated carbocycles. The van der Waals surface area contributed by atoms with Gasteiger partial charge in [0.2, 0.25) is 0 Å². The minimum absolute atomic E-state index is 0.501. The van der Waals surface area contributed by atoms with Gasteiger partial charge in [0.15, 0.2) is 5.82 Å². The van der Waals surface area contributed by atoms with Crippen LogP contribution in [-0.2, 0) is 13.0 Å². The third kappa shape index (κ3) is 3.12. The van der Waals surface area contributed by atoms with Crippen molar-refractivity contribution in [3.05, 3.63) is 70.5 Å². The first-order chi connectivity index (χ1) is 10.3. The third-order valence-corrected chi connectivity index (χ3v) is 3.58. The number of hydrogen-bond donors (Lipinski definition) is 1. The van der Waals surface area contributed by atoms with Gasteiger partial charge < -0.3 is 10.3 Å². The molecule has 3 aromatic rings. The van der Waals surface area contributed by atoms with E-state index < -0.39 is 0 Å². The van der Waals surface area contributed by atoms with Crippen LogP contribution < -0.4 is 5.73 Å². The predicted octanol–water partition coefficient (Wildman–Crippen LogP) is 3.44. The smallest absolute Gasteiger partial charge is 0.257 e. The minimum Gasteiger partial charge on any atom is -0.334 e. The zero-order chi connectivity index (χ0) is 14.7. The molecule has 106 valence electrons. The highest BCUT2D eigenvalue weighted by molar-refractivity contribution is 6.31. The molecule has 2 aromatic carbocycles. The summed E-state index contributed by atoms with van der Waals surface area (Å²) < 4.78 is 5.30. The van der Waals surface area contributed by atoms with Crippen LogP contribution in [0.15, 0.2) is 53.1 Å². The Hall–Kier alpha value is -2.17. The second-order valence-electron chi connectivity index (χ2n) is 4.68. The molecule has 21 heavy (non-hydrogen) atoms. The second-order valence-corrected chi connectivity index (χ2v) is 5.09. The molecule has 0 aliphatic carbocycles. The van der Waals surface area contributed by atoms with E-state index in [4.69, 9.17) is 21.9 Å². The Morgan fingerprint density at radius 3 is 2.52 bits per heavy atom. The third-order valence-electron chi connectivity index (χ3n) is 3.21. The molecule has 0 aliphatic rings. The van der Waals surface area contributed by atoms with Crippen LogP contribution in [0, 0.1) is 0 Å². The summed E-state index contributed by atoms with van der Waals surface area (Å²) in [5.74, 6) is 1.11. The normalized spacial score (nSPS) is 10.8. The summed E-state index contributed by atoms with van der Waals surface area (Å²) >= 11 is 6.13. The summed E-state index contributed by atoms with van der Waals surface area (Å²) in [5.41, 5.74) is 8.50. The molecule has 0 saturated heterocycles. The van der Waals surface area contributed by atoms with Gasteiger partial charge in [-0.25, -0.2) is 0 Å². The van der Waals surface area contributed by atoms with Crippen molar-refractivity contribution in [2.75, 3.05) is 0 Å². The Kier molecular flexibility index (Phi) is 3.99. The topological polar surface area (TPSA) is 64.9 Å². The lowest BCUT2D eigenvalue weighted by molar-refractivity contribution is 0.424. The largest absolute Gasteiger partial charge is 0.334 e. The molecule has 0 radical (unpaired) electrons. The molecular weight excluding hydrogens is 286 g/mol. The lowest BCUT2D eigenvalue weighted by atomic mass is 10.1. The second kappa shape index (κ2) is 6.08. The van der Waals surface area contributed by atoms with Crippen molar-refractivity contribution in [3.8, 4) is 11.5 Å². The summed E-state index contributed by atoms with van der Waals surface area (Å²) in [6, 6.07) is 15.4. The number of rotatable bonds is 4. The SMILES string of the molecule is NCc1ccc(-c2nc(Cc3ccccc3Cl)no2)cc1. The highest BCUT2D eigenvalue weighted by Crippen LogP contribution is 2.21. The lowest BCUT2D eigenvalue weighted by Gasteiger charge is -1.99. The molecule has 2 N–H and O–H groups in total. The summed E-state index contributed by atoms with van der Waals surface area (Å²) in [6.45, 7) is 0.516. The number of halogens is 1. The van der Waals surface area contributed by atoms with Gasteiger partial charge in [-0.3, -0.25) is 0 Å². The standard InChI is InChI=1S/C16H14ClN3O/c17-14-4-2-1-3-13(14)9-15-19-16(21-20-15)12-7-5-11(10-18)6-8-12/h1-8H,9-10,18H2. The fourth-order valence-electron chi connectivity index (χ4n) is 2.04. The molecule has 0 atom stereocenters. The van der Waals surface area contributed by atoms with E-state index >= 15 is 0 Å². The molecule has 0 aliphatic heterocycles. The van der Waals surface area contributed by atoms with Gasteiger partial charge in [0.1, 0.15) is 0 Å². The van der Waals surface area contributed by atoms with E-state index in [2.05, 4.69) is 10.1 Å². The molecular formula is C16H14ClN3O. The average molecular weight is 300 g/mol. The molecule has 0 amide bonds. The average Bonchev–Trinajstić information content (AvgIpc) is 2.98. The van der Waals surface area contributed by atoms with E-state index in [1.165, 1.54) is 0 Å². The fraction of sp³-hybridized carbons (Fsp3) is 0.125. The molecule has 1 heterocycles. The Labute approximate surface area is 127 Å². The first-order valence-corrected chi connectivity index (χ1v) is 6.99. The molecule has 4 nitrogen and oxygen atoms in total. The molecule has 0 fully saturated rings. The van der Waals surface area contributed by atoms with Gasteiger partial charge in [-0.15, -0.1) is 0 Å². The molecule has 1 aromatic heterocycles. The van der Waals surface area contributed by atoms with Gasteiger partial charge in [-0.1, -0.05) is 47.1 Å². The maximum absolute atomic E-state index is 6.13. The van der Waals surface area contributed by atoms with E-state index in [9.17, 15) is 0 Å². The van der Waals surface area contributed by atoms with E-state index in [1.54, 1.807) is 0 Å². The van der Waals surface area contributed by atoms with Crippen molar-refractivity contribution in [1.82, 2.24) is 10.1 Å². The molecule has 0 bridgehead atoms. The Bertz CT molecular complexity index is 737. The number of nitrogens with zero attached hydrogens (tertiary/aromatic N) is 2. The molecule has 0 unspecified atom stereocenters. The summed E-state index contributed by atoms with van der Waals surface area (Å²) in [5, 5.41) is 4.71. The zero-order valence-electron chi connectivity index (χ0n) is 11.3. The Morgan fingerprint density at radius 2 is 1.81 bits per heavy atom. The highest BCUT2D eigenvalue weighted by Gasteiger charge is 2.10. The monoisotopic (exact) mass is 299 g/mol. The Balaban J connectivity index is 1.81. The molecule has 0 spiro atoms. The van der Waals surface area contributed by atoms with Gasteiger partial charge in [0.05, 0.1) is 0 Å². The maximum atomic E-state index is 6.13. The van der Waals surface area contributed by atoms with Crippen molar-refractivity contribution < 1.29 is 4.52 Å². The quantitative estimate of drug-likeness (QED) is 0.801. The van der Waals surface area contributed by atoms with Crippen molar-refractivity contribution in [3.63, 3.8) is 0 Å². The van der Waals surface area contributed by atoms with Gasteiger partial charge in [-0.2, -0.15) is 4.98 Å². The van der Waals surface area contributed by atoms with E-state index in [1.807, 2.05) is 48.5 Å². The summed E-state index contributed by atoms with van der Waals surface area (Å²) in [4.78, 5) is 4.40. The van der Waals surface area contributed by atoms with Crippen molar-refractivity contribution in [1.29, 1.82) is 0 Å². The first-order valence-electron chi connectivity index (χ1n) is 6.61. The van der Waals surface area contributed by atoms with Crippen LogP contribution in [-0.4, -0.2) is 10.1 Å². The number of aromatic nitrogens is 2. The van der Waals surface area contributed by atoms with Crippen LogP contribution in [0.5, 0.6) is 0 Å². The number of nitrogens with two attached hydrogens (primary N) is 1. The number of benzene rings is 2. The fourth-order valence-corrected chi connectivity index (χ4v) is 2.24. The van der Waals surface area contributed by atoms with E-state index in [0.29, 0.717) is 29.7 Å². The van der Waals surface area contributed by atoms with Crippen LogP contribution in [0.1, 0.15) is 17.0 Å². The van der Waals surface area contributed by atoms with Crippen LogP contribution in [0.3, 0.4) is 0 Å². The summed E-state index contributed by atoms with van der Waals surface area (Å²) in [6.07, 6.45) is 0.546. The van der Waals surface area contributed by atoms with Gasteiger partial charge in [0, 0.05) is 23.6 Å². The Morgan fingerprint density at radius 1 is 1.05 bits per heavy atom. The lowest BCUT2D eigenvalue weighted by Crippen LogP contribution is -1.95. The van der Waals surface area contributed by atoms with Gasteiger partial charge >= 0.3 is 0 Å². The summed E-state index contributed by atoms with van der Waals surface area (Å²) in [7, 11) is 0. The van der Waals surface area contributed by atoms with Gasteiger partial charge in [0.25, 0.3) is 5.89 Å². The van der Waals surface area contributed by atoms with Crippen LogP contribution in [0.25, 0.3) is 11.5 Å². The predicted molar refractivity (Wildman–Crippen MR) is 81.9 cm³/mol. The van der Waals surface area contributed by atoms with Crippen molar-refractivity contribution >= 4 is 11.6 Å². The number of hydrogen-bond acceptors (Lipinski definition) is 4. The van der Waals surface area contributed by atoms with E-state index in [0.717, 1.165) is 16.7 Å². The highest BCUT2D eigenvalue weighted by atomic mass is 35.5. The maximum Gasteiger partial charge on any atom is 0.257 e. The van der Waals surface area contributed by atoms with E-state index in [-0.39, 0.29) is 0 Å². The van der Waals surface area contributed by atoms with Crippen molar-refractivity contribution in [2.45, 2.75) is 13.0 Å². The molecule has 3 rings (SSSR count). The van der Waals surface area contributed by atoms with Crippen LogP contribution >= 0.6 is 11.6 Å². The van der Waals surface area contributed by atoms with Crippen molar-refractivity contribution in [2.24, 2.45) is 5.73 Å². The zero-order valence-corrected chi connectivity index (χ0v) is 12.0. The van der Waals surface area contributed by atoms with Crippen LogP contribution in [0.2, 0.25) is 5.02 Å². The van der Waals surface area contributed by atoms with Crippen LogP contribution in [0.4, 0.5) is 0 Å².